The zero-order valence-corrected chi connectivity index (χ0v) is 64.1. The van der Waals surface area contributed by atoms with Crippen LogP contribution in [0.25, 0.3) is 0 Å². The van der Waals surface area contributed by atoms with E-state index in [2.05, 4.69) is 55.4 Å². The smallest absolute Gasteiger partial charge is 0.462 e. The van der Waals surface area contributed by atoms with Crippen LogP contribution in [0.4, 0.5) is 0 Å². The van der Waals surface area contributed by atoms with E-state index in [1.54, 1.807) is 0 Å². The van der Waals surface area contributed by atoms with Crippen molar-refractivity contribution in [2.24, 2.45) is 23.7 Å². The van der Waals surface area contributed by atoms with Crippen LogP contribution < -0.4 is 0 Å². The van der Waals surface area contributed by atoms with E-state index in [0.29, 0.717) is 25.7 Å². The van der Waals surface area contributed by atoms with E-state index in [4.69, 9.17) is 37.0 Å². The molecule has 95 heavy (non-hydrogen) atoms. The second-order valence-electron chi connectivity index (χ2n) is 29.3. The van der Waals surface area contributed by atoms with Crippen molar-refractivity contribution < 1.29 is 80.2 Å². The lowest BCUT2D eigenvalue weighted by molar-refractivity contribution is -0.161. The van der Waals surface area contributed by atoms with Crippen molar-refractivity contribution in [3.05, 3.63) is 0 Å². The number of unbranched alkanes of at least 4 members (excludes halogenated alkanes) is 39. The molecule has 0 spiro atoms. The van der Waals surface area contributed by atoms with Crippen molar-refractivity contribution in [1.82, 2.24) is 0 Å². The van der Waals surface area contributed by atoms with Crippen molar-refractivity contribution in [2.75, 3.05) is 39.6 Å². The fourth-order valence-corrected chi connectivity index (χ4v) is 13.1. The molecule has 5 atom stereocenters. The van der Waals surface area contributed by atoms with Gasteiger partial charge in [-0.15, -0.1) is 0 Å². The Labute approximate surface area is 581 Å². The van der Waals surface area contributed by atoms with E-state index in [9.17, 15) is 43.2 Å². The highest BCUT2D eigenvalue weighted by atomic mass is 31.2. The highest BCUT2D eigenvalue weighted by Crippen LogP contribution is 2.45. The van der Waals surface area contributed by atoms with Crippen LogP contribution >= 0.6 is 15.6 Å². The maximum atomic E-state index is 13.1. The van der Waals surface area contributed by atoms with Crippen molar-refractivity contribution in [2.45, 2.75) is 401 Å². The molecule has 0 aliphatic carbocycles. The van der Waals surface area contributed by atoms with Crippen LogP contribution in [-0.2, 0) is 65.4 Å². The number of carbonyl (C=O) groups excluding carboxylic acids is 4. The second kappa shape index (κ2) is 65.4. The largest absolute Gasteiger partial charge is 0.472 e. The Morgan fingerprint density at radius 3 is 0.653 bits per heavy atom. The van der Waals surface area contributed by atoms with Gasteiger partial charge in [-0.05, 0) is 49.4 Å². The minimum atomic E-state index is -4.96. The van der Waals surface area contributed by atoms with Gasteiger partial charge in [-0.1, -0.05) is 331 Å². The van der Waals surface area contributed by atoms with Crippen molar-refractivity contribution >= 4 is 39.5 Å². The predicted molar refractivity (Wildman–Crippen MR) is 386 cm³/mol. The third kappa shape index (κ3) is 70.3. The molecule has 0 aromatic rings. The lowest BCUT2D eigenvalue weighted by atomic mass is 10.0. The average molecular weight is 1400 g/mol. The number of esters is 4. The van der Waals surface area contributed by atoms with Crippen molar-refractivity contribution in [3.63, 3.8) is 0 Å². The molecule has 19 heteroatoms. The molecule has 0 rings (SSSR count). The summed E-state index contributed by atoms with van der Waals surface area (Å²) >= 11 is 0. The first kappa shape index (κ1) is 93.1. The summed E-state index contributed by atoms with van der Waals surface area (Å²) < 4.78 is 68.5. The molecule has 0 bridgehead atoms. The van der Waals surface area contributed by atoms with Gasteiger partial charge in [0.2, 0.25) is 0 Å². The first-order valence-electron chi connectivity index (χ1n) is 39.2. The lowest BCUT2D eigenvalue weighted by Crippen LogP contribution is -2.30. The van der Waals surface area contributed by atoms with E-state index in [0.717, 1.165) is 114 Å². The lowest BCUT2D eigenvalue weighted by Gasteiger charge is -2.21. The second-order valence-corrected chi connectivity index (χ2v) is 32.2. The van der Waals surface area contributed by atoms with Gasteiger partial charge >= 0.3 is 39.5 Å². The summed E-state index contributed by atoms with van der Waals surface area (Å²) in [5.41, 5.74) is 0. The molecular formula is C76H148O17P2. The molecule has 0 fully saturated rings. The van der Waals surface area contributed by atoms with Gasteiger partial charge in [0, 0.05) is 25.7 Å². The molecule has 0 amide bonds. The Kier molecular flexibility index (Phi) is 64.0. The zero-order valence-electron chi connectivity index (χ0n) is 62.3. The van der Waals surface area contributed by atoms with E-state index in [-0.39, 0.29) is 25.7 Å². The SMILES string of the molecule is CC(C)CCCCCCCCCCCCCCCCC(=O)O[C@H](COC(=O)CCCCCCCCCCCCCCC(C)C)COP(=O)(O)OCC(O)COP(=O)(O)OC[C@@H](COC(=O)CCCCCCCCCCC(C)C)OC(=O)CCCCCCCCCCCC(C)C. The minimum Gasteiger partial charge on any atom is -0.462 e. The summed E-state index contributed by atoms with van der Waals surface area (Å²) in [4.78, 5) is 72.8. The number of rotatable bonds is 73. The summed E-state index contributed by atoms with van der Waals surface area (Å²) in [5.74, 6) is 0.919. The quantitative estimate of drug-likeness (QED) is 0.0222. The van der Waals surface area contributed by atoms with E-state index < -0.39 is 97.5 Å². The molecule has 0 aliphatic rings. The predicted octanol–water partition coefficient (Wildman–Crippen LogP) is 22.0. The Morgan fingerprint density at radius 1 is 0.263 bits per heavy atom. The fourth-order valence-electron chi connectivity index (χ4n) is 11.6. The monoisotopic (exact) mass is 1400 g/mol. The average Bonchev–Trinajstić information content (AvgIpc) is 1.62. The molecule has 0 aliphatic heterocycles. The highest BCUT2D eigenvalue weighted by molar-refractivity contribution is 7.47. The molecule has 0 radical (unpaired) electrons. The van der Waals surface area contributed by atoms with E-state index >= 15 is 0 Å². The van der Waals surface area contributed by atoms with Crippen LogP contribution in [0.1, 0.15) is 383 Å². The van der Waals surface area contributed by atoms with Gasteiger partial charge in [0.15, 0.2) is 12.2 Å². The number of phosphoric acid groups is 2. The molecular weight excluding hydrogens is 1250 g/mol. The summed E-state index contributed by atoms with van der Waals surface area (Å²) in [6.45, 7) is 14.2. The fraction of sp³-hybridized carbons (Fsp3) is 0.947. The molecule has 0 heterocycles. The molecule has 17 nitrogen and oxygen atoms in total. The standard InChI is InChI=1S/C76H148O17P2/c1-66(2)52-44-36-28-20-15-11-9-10-12-18-24-34-42-50-58-75(80)92-71(62-86-73(78)56-48-40-32-23-17-14-13-16-21-29-37-45-53-67(3)4)64-90-94(82,83)88-60-70(77)61-89-95(84,85)91-65-72(63-87-74(79)57-49-41-33-27-26-31-39-47-55-69(7)8)93-76(81)59-51-43-35-25-19-22-30-38-46-54-68(5)6/h66-72,77H,9-65H2,1-8H3,(H,82,83)(H,84,85)/t70?,71-,72-/m1/s1. The van der Waals surface area contributed by atoms with Gasteiger partial charge in [-0.3, -0.25) is 37.3 Å². The molecule has 0 aromatic carbocycles. The maximum Gasteiger partial charge on any atom is 0.472 e. The number of aliphatic hydroxyl groups excluding tert-OH is 1. The van der Waals surface area contributed by atoms with Crippen LogP contribution in [-0.4, -0.2) is 96.7 Å². The Morgan fingerprint density at radius 2 is 0.442 bits per heavy atom. The molecule has 3 unspecified atom stereocenters. The van der Waals surface area contributed by atoms with Gasteiger partial charge in [0.05, 0.1) is 26.4 Å². The topological polar surface area (TPSA) is 237 Å². The first-order valence-corrected chi connectivity index (χ1v) is 42.2. The normalized spacial score (nSPS) is 14.1. The Balaban J connectivity index is 5.26. The minimum absolute atomic E-state index is 0.104. The number of hydrogen-bond acceptors (Lipinski definition) is 15. The summed E-state index contributed by atoms with van der Waals surface area (Å²) in [7, 11) is -9.91. The Bertz CT molecular complexity index is 1870. The maximum absolute atomic E-state index is 13.1. The van der Waals surface area contributed by atoms with Gasteiger partial charge < -0.3 is 33.8 Å². The van der Waals surface area contributed by atoms with Crippen molar-refractivity contribution in [3.8, 4) is 0 Å². The van der Waals surface area contributed by atoms with Gasteiger partial charge in [-0.25, -0.2) is 9.13 Å². The van der Waals surface area contributed by atoms with Crippen molar-refractivity contribution in [1.29, 1.82) is 0 Å². The van der Waals surface area contributed by atoms with Crippen LogP contribution in [0.15, 0.2) is 0 Å². The Hall–Kier alpha value is -1.94. The summed E-state index contributed by atoms with van der Waals surface area (Å²) in [5, 5.41) is 10.6. The van der Waals surface area contributed by atoms with Gasteiger partial charge in [-0.2, -0.15) is 0 Å². The molecule has 0 aromatic heterocycles. The first-order chi connectivity index (χ1) is 45.6. The van der Waals surface area contributed by atoms with E-state index in [1.807, 2.05) is 0 Å². The number of ether oxygens (including phenoxy) is 4. The van der Waals surface area contributed by atoms with Crippen LogP contribution in [0.3, 0.4) is 0 Å². The summed E-state index contributed by atoms with van der Waals surface area (Å²) in [6, 6.07) is 0. The zero-order chi connectivity index (χ0) is 70.3. The third-order valence-corrected chi connectivity index (χ3v) is 19.5. The number of hydrogen-bond donors (Lipinski definition) is 3. The van der Waals surface area contributed by atoms with Gasteiger partial charge in [0.25, 0.3) is 0 Å². The molecule has 0 saturated heterocycles. The van der Waals surface area contributed by atoms with E-state index in [1.165, 1.54) is 186 Å². The van der Waals surface area contributed by atoms with Gasteiger partial charge in [0.1, 0.15) is 19.3 Å². The summed E-state index contributed by atoms with van der Waals surface area (Å²) in [6.07, 6.45) is 50.0. The number of phosphoric ester groups is 2. The van der Waals surface area contributed by atoms with Crippen LogP contribution in [0, 0.1) is 23.7 Å². The highest BCUT2D eigenvalue weighted by Gasteiger charge is 2.30. The molecule has 564 valence electrons. The van der Waals surface area contributed by atoms with Crippen LogP contribution in [0.5, 0.6) is 0 Å². The number of aliphatic hydroxyl groups is 1. The number of carbonyl (C=O) groups is 4. The molecule has 0 saturated carbocycles. The third-order valence-electron chi connectivity index (χ3n) is 17.6. The van der Waals surface area contributed by atoms with Crippen LogP contribution in [0.2, 0.25) is 0 Å². The molecule has 3 N–H and O–H groups in total.